The molecule has 152 valence electrons. The number of benzene rings is 1. The van der Waals surface area contributed by atoms with E-state index in [4.69, 9.17) is 50.4 Å². The number of amides is 1. The molecule has 0 aliphatic heterocycles. The highest BCUT2D eigenvalue weighted by Gasteiger charge is 2.23. The van der Waals surface area contributed by atoms with Crippen LogP contribution in [0.15, 0.2) is 35.3 Å². The van der Waals surface area contributed by atoms with E-state index in [-0.39, 0.29) is 49.8 Å². The molecule has 0 saturated carbocycles. The fourth-order valence-electron chi connectivity index (χ4n) is 2.74. The van der Waals surface area contributed by atoms with E-state index in [9.17, 15) is 14.7 Å². The minimum atomic E-state index is -1.19. The Morgan fingerprint density at radius 3 is 2.48 bits per heavy atom. The van der Waals surface area contributed by atoms with E-state index in [0.717, 1.165) is 6.07 Å². The number of ether oxygens (including phenoxy) is 1. The normalized spacial score (nSPS) is 12.2. The van der Waals surface area contributed by atoms with Gasteiger partial charge < -0.3 is 20.7 Å². The molecule has 1 unspecified atom stereocenters. The van der Waals surface area contributed by atoms with E-state index in [0.29, 0.717) is 0 Å². The molecule has 3 aromatic rings. The van der Waals surface area contributed by atoms with Crippen molar-refractivity contribution in [1.82, 2.24) is 9.55 Å². The third-order valence-electron chi connectivity index (χ3n) is 3.99. The van der Waals surface area contributed by atoms with Crippen molar-refractivity contribution in [2.75, 3.05) is 13.2 Å². The van der Waals surface area contributed by atoms with E-state index < -0.39 is 24.0 Å². The Kier molecular flexibility index (Phi) is 6.30. The summed E-state index contributed by atoms with van der Waals surface area (Å²) in [6, 6.07) is 5.69. The first-order valence-electron chi connectivity index (χ1n) is 8.16. The maximum atomic E-state index is 12.8. The van der Waals surface area contributed by atoms with Crippen molar-refractivity contribution >= 4 is 51.6 Å². The number of carbonyl (C=O) groups is 1. The van der Waals surface area contributed by atoms with Crippen LogP contribution in [0.4, 0.5) is 0 Å². The Bertz CT molecular complexity index is 1150. The quantitative estimate of drug-likeness (QED) is 0.519. The summed E-state index contributed by atoms with van der Waals surface area (Å²) in [5.41, 5.74) is 4.87. The number of primary amides is 1. The Hall–Kier alpha value is -2.36. The van der Waals surface area contributed by atoms with Gasteiger partial charge in [-0.3, -0.25) is 14.2 Å². The molecular weight excluding hydrogens is 445 g/mol. The van der Waals surface area contributed by atoms with Gasteiger partial charge in [0.2, 0.25) is 5.88 Å². The van der Waals surface area contributed by atoms with Crippen molar-refractivity contribution in [1.29, 1.82) is 0 Å². The molecule has 11 heteroatoms. The smallest absolute Gasteiger partial charge is 0.265 e. The number of fused-ring (bicyclic) bond motifs is 1. The molecule has 0 bridgehead atoms. The molecule has 1 aromatic carbocycles. The molecule has 2 heterocycles. The molecule has 3 rings (SSSR count). The largest absolute Gasteiger partial charge is 0.474 e. The number of aliphatic hydroxyl groups excluding tert-OH is 2. The average Bonchev–Trinajstić information content (AvgIpc) is 2.68. The molecule has 0 saturated heterocycles. The van der Waals surface area contributed by atoms with Gasteiger partial charge in [-0.25, -0.2) is 4.98 Å². The minimum absolute atomic E-state index is 0.00578. The van der Waals surface area contributed by atoms with Crippen molar-refractivity contribution in [2.45, 2.75) is 6.10 Å². The van der Waals surface area contributed by atoms with Crippen LogP contribution in [0.25, 0.3) is 16.6 Å². The van der Waals surface area contributed by atoms with Crippen molar-refractivity contribution in [3.05, 3.63) is 61.4 Å². The van der Waals surface area contributed by atoms with Crippen LogP contribution < -0.4 is 15.9 Å². The van der Waals surface area contributed by atoms with Crippen LogP contribution >= 0.6 is 34.8 Å². The monoisotopic (exact) mass is 457 g/mol. The lowest BCUT2D eigenvalue weighted by molar-refractivity contribution is 0.0526. The molecule has 0 radical (unpaired) electrons. The molecule has 29 heavy (non-hydrogen) atoms. The van der Waals surface area contributed by atoms with Crippen LogP contribution in [-0.2, 0) is 0 Å². The number of rotatable bonds is 6. The topological polar surface area (TPSA) is 128 Å². The van der Waals surface area contributed by atoms with Crippen LogP contribution in [0.3, 0.4) is 0 Å². The number of aromatic nitrogens is 2. The Balaban J connectivity index is 2.44. The maximum absolute atomic E-state index is 12.8. The number of para-hydroxylation sites is 1. The first kappa shape index (κ1) is 21.4. The Morgan fingerprint density at radius 2 is 1.90 bits per heavy atom. The predicted octanol–water partition coefficient (Wildman–Crippen LogP) is 2.18. The van der Waals surface area contributed by atoms with Crippen molar-refractivity contribution in [3.8, 4) is 11.6 Å². The summed E-state index contributed by atoms with van der Waals surface area (Å²) in [6.45, 7) is -0.874. The molecule has 1 amide bonds. The summed E-state index contributed by atoms with van der Waals surface area (Å²) >= 11 is 18.9. The number of nitrogens with zero attached hydrogens (tertiary/aromatic N) is 2. The van der Waals surface area contributed by atoms with Gasteiger partial charge >= 0.3 is 0 Å². The lowest BCUT2D eigenvalue weighted by Gasteiger charge is -2.19. The number of carbonyl (C=O) groups excluding carboxylic acids is 1. The predicted molar refractivity (Wildman–Crippen MR) is 109 cm³/mol. The van der Waals surface area contributed by atoms with E-state index in [1.807, 2.05) is 0 Å². The SMILES string of the molecule is NC(=O)c1cc(=O)c2c(OCC(O)CO)ncc(Cl)c2n1-c1c(Cl)cccc1Cl. The van der Waals surface area contributed by atoms with Gasteiger partial charge in [-0.15, -0.1) is 0 Å². The summed E-state index contributed by atoms with van der Waals surface area (Å²) in [5.74, 6) is -1.07. The number of hydrogen-bond acceptors (Lipinski definition) is 6. The third kappa shape index (κ3) is 4.03. The van der Waals surface area contributed by atoms with Crippen molar-refractivity contribution < 1.29 is 19.7 Å². The summed E-state index contributed by atoms with van der Waals surface area (Å²) < 4.78 is 6.65. The van der Waals surface area contributed by atoms with Gasteiger partial charge in [0.25, 0.3) is 5.91 Å². The fraction of sp³-hybridized carbons (Fsp3) is 0.167. The Labute approximate surface area is 179 Å². The van der Waals surface area contributed by atoms with E-state index >= 15 is 0 Å². The zero-order valence-corrected chi connectivity index (χ0v) is 16.9. The third-order valence-corrected chi connectivity index (χ3v) is 4.87. The van der Waals surface area contributed by atoms with Crippen LogP contribution in [0.2, 0.25) is 15.1 Å². The van der Waals surface area contributed by atoms with Gasteiger partial charge in [-0.2, -0.15) is 0 Å². The number of pyridine rings is 2. The van der Waals surface area contributed by atoms with Crippen LogP contribution in [0.5, 0.6) is 5.88 Å². The standard InChI is InChI=1S/C18H14Cl3N3O5/c19-9-2-1-3-10(20)15(9)24-12(17(22)28)4-13(27)14-16(24)11(21)5-23-18(14)29-7-8(26)6-25/h1-5,8,25-26H,6-7H2,(H2,22,28). The van der Waals surface area contributed by atoms with Crippen molar-refractivity contribution in [2.24, 2.45) is 5.73 Å². The molecule has 8 nitrogen and oxygen atoms in total. The van der Waals surface area contributed by atoms with Gasteiger partial charge in [0, 0.05) is 6.07 Å². The van der Waals surface area contributed by atoms with Gasteiger partial charge in [0.1, 0.15) is 23.8 Å². The lowest BCUT2D eigenvalue weighted by atomic mass is 10.1. The van der Waals surface area contributed by atoms with Crippen LogP contribution in [-0.4, -0.2) is 45.0 Å². The summed E-state index contributed by atoms with van der Waals surface area (Å²) in [6.07, 6.45) is 0.0170. The molecule has 1 atom stereocenters. The van der Waals surface area contributed by atoms with E-state index in [1.165, 1.54) is 10.8 Å². The highest BCUT2D eigenvalue weighted by atomic mass is 35.5. The summed E-state index contributed by atoms with van der Waals surface area (Å²) in [7, 11) is 0. The van der Waals surface area contributed by atoms with Gasteiger partial charge in [-0.1, -0.05) is 40.9 Å². The second kappa shape index (κ2) is 8.56. The lowest BCUT2D eigenvalue weighted by Crippen LogP contribution is -2.25. The summed E-state index contributed by atoms with van der Waals surface area (Å²) in [4.78, 5) is 28.8. The number of aliphatic hydroxyl groups is 2. The fourth-order valence-corrected chi connectivity index (χ4v) is 3.53. The zero-order valence-electron chi connectivity index (χ0n) is 14.6. The molecule has 0 spiro atoms. The molecule has 4 N–H and O–H groups in total. The molecular formula is C18H14Cl3N3O5. The molecule has 0 aliphatic rings. The number of halogens is 3. The highest BCUT2D eigenvalue weighted by molar-refractivity contribution is 6.38. The van der Waals surface area contributed by atoms with Crippen LogP contribution in [0.1, 0.15) is 10.5 Å². The second-order valence-corrected chi connectivity index (χ2v) is 7.17. The maximum Gasteiger partial charge on any atom is 0.265 e. The van der Waals surface area contributed by atoms with Gasteiger partial charge in [0.05, 0.1) is 39.1 Å². The zero-order chi connectivity index (χ0) is 21.3. The number of hydrogen-bond donors (Lipinski definition) is 3. The van der Waals surface area contributed by atoms with E-state index in [2.05, 4.69) is 4.98 Å². The molecule has 0 aliphatic carbocycles. The summed E-state index contributed by atoms with van der Waals surface area (Å²) in [5, 5.41) is 18.8. The highest BCUT2D eigenvalue weighted by Crippen LogP contribution is 2.35. The number of nitrogens with two attached hydrogens (primary N) is 1. The van der Waals surface area contributed by atoms with Crippen LogP contribution in [0, 0.1) is 0 Å². The first-order chi connectivity index (χ1) is 13.8. The first-order valence-corrected chi connectivity index (χ1v) is 9.29. The minimum Gasteiger partial charge on any atom is -0.474 e. The second-order valence-electron chi connectivity index (χ2n) is 5.95. The van der Waals surface area contributed by atoms with E-state index in [1.54, 1.807) is 18.2 Å². The van der Waals surface area contributed by atoms with Crippen molar-refractivity contribution in [3.63, 3.8) is 0 Å². The molecule has 2 aromatic heterocycles. The Morgan fingerprint density at radius 1 is 1.24 bits per heavy atom. The van der Waals surface area contributed by atoms with Gasteiger partial charge in [-0.05, 0) is 12.1 Å². The van der Waals surface area contributed by atoms with Gasteiger partial charge in [0.15, 0.2) is 5.43 Å². The molecule has 0 fully saturated rings. The average molecular weight is 459 g/mol.